The summed E-state index contributed by atoms with van der Waals surface area (Å²) >= 11 is 0. The van der Waals surface area contributed by atoms with Crippen LogP contribution in [0.1, 0.15) is 6.92 Å². The Morgan fingerprint density at radius 1 is 1.43 bits per heavy atom. The van der Waals surface area contributed by atoms with Crippen LogP contribution in [0.4, 0.5) is 22.9 Å². The van der Waals surface area contributed by atoms with E-state index in [0.29, 0.717) is 19.1 Å². The molecule has 1 aliphatic heterocycles. The molecule has 3 N–H and O–H groups in total. The van der Waals surface area contributed by atoms with Gasteiger partial charge in [0.2, 0.25) is 0 Å². The molecule has 0 unspecified atom stereocenters. The molecule has 8 heteroatoms. The number of nitro groups is 1. The van der Waals surface area contributed by atoms with Gasteiger partial charge in [-0.15, -0.1) is 0 Å². The maximum Gasteiger partial charge on any atom is 0.287 e. The van der Waals surface area contributed by atoms with Gasteiger partial charge in [0.1, 0.15) is 12.0 Å². The highest BCUT2D eigenvalue weighted by molar-refractivity contribution is 5.75. The lowest BCUT2D eigenvalue weighted by atomic mass is 10.2. The van der Waals surface area contributed by atoms with Crippen LogP contribution in [0.25, 0.3) is 0 Å². The fourth-order valence-corrected chi connectivity index (χ4v) is 2.49. The Kier molecular flexibility index (Phi) is 4.35. The molecule has 0 fully saturated rings. The maximum absolute atomic E-state index is 10.8. The van der Waals surface area contributed by atoms with Crippen molar-refractivity contribution in [3.05, 3.63) is 52.7 Å². The van der Waals surface area contributed by atoms with E-state index in [1.165, 1.54) is 12.3 Å². The van der Waals surface area contributed by atoms with Crippen molar-refractivity contribution in [1.82, 2.24) is 4.98 Å². The highest BCUT2D eigenvalue weighted by atomic mass is 16.6. The van der Waals surface area contributed by atoms with Crippen LogP contribution >= 0.6 is 0 Å². The van der Waals surface area contributed by atoms with Crippen LogP contribution < -0.4 is 15.5 Å². The Bertz CT molecular complexity index is 692. The largest absolute Gasteiger partial charge is 0.312 e. The number of ether oxygens (including phenoxy) is 1. The van der Waals surface area contributed by atoms with Gasteiger partial charge in [-0.25, -0.2) is 4.98 Å². The second-order valence-corrected chi connectivity index (χ2v) is 5.02. The minimum Gasteiger partial charge on any atom is -0.312 e. The molecule has 23 heavy (non-hydrogen) atoms. The molecule has 120 valence electrons. The fourth-order valence-electron chi connectivity index (χ4n) is 2.49. The summed E-state index contributed by atoms with van der Waals surface area (Å²) < 4.78 is 5.65. The van der Waals surface area contributed by atoms with Crippen molar-refractivity contribution in [2.24, 2.45) is 0 Å². The van der Waals surface area contributed by atoms with E-state index in [1.807, 2.05) is 41.4 Å². The molecule has 8 nitrogen and oxygen atoms in total. The van der Waals surface area contributed by atoms with Gasteiger partial charge in [0.25, 0.3) is 12.0 Å². The van der Waals surface area contributed by atoms with Gasteiger partial charge >= 0.3 is 0 Å². The molecule has 2 heterocycles. The first-order valence-corrected chi connectivity index (χ1v) is 7.37. The Labute approximate surface area is 133 Å². The normalized spacial score (nSPS) is 17.1. The van der Waals surface area contributed by atoms with Gasteiger partial charge in [-0.1, -0.05) is 12.1 Å². The number of aromatic nitrogens is 1. The van der Waals surface area contributed by atoms with Crippen molar-refractivity contribution >= 4 is 22.9 Å². The van der Waals surface area contributed by atoms with E-state index >= 15 is 0 Å². The summed E-state index contributed by atoms with van der Waals surface area (Å²) in [7, 11) is 0. The third-order valence-corrected chi connectivity index (χ3v) is 3.56. The van der Waals surface area contributed by atoms with Gasteiger partial charge in [0.05, 0.1) is 22.9 Å². The number of para-hydroxylation sites is 2. The van der Waals surface area contributed by atoms with Gasteiger partial charge in [0, 0.05) is 6.07 Å². The molecule has 0 saturated carbocycles. The summed E-state index contributed by atoms with van der Waals surface area (Å²) in [6.45, 7) is 3.13. The number of pyridine rings is 1. The molecule has 1 aliphatic rings. The minimum absolute atomic E-state index is 0.0221. The Hall–Kier alpha value is -2.71. The number of fused-ring (bicyclic) bond motifs is 1. The van der Waals surface area contributed by atoms with Crippen LogP contribution in [0.2, 0.25) is 0 Å². The maximum atomic E-state index is 10.8. The number of hydrogen-bond acceptors (Lipinski definition) is 6. The van der Waals surface area contributed by atoms with Crippen molar-refractivity contribution in [2.75, 3.05) is 23.5 Å². The molecule has 0 bridgehead atoms. The second-order valence-electron chi connectivity index (χ2n) is 5.02. The summed E-state index contributed by atoms with van der Waals surface area (Å²) in [5.41, 5.74) is 1.86. The standard InChI is InChI=1S/C15H17N5O3/c1-2-23-15-17-10-19(13-6-4-3-5-12(13)18-15)14-8-7-11(9-16-14)20(21)22/h3-9,15,17-18H,2,10H2,1H3/p+1/t15-/m0/s1. The number of nitrogens with one attached hydrogen (secondary N) is 1. The number of nitrogens with zero attached hydrogens (tertiary/aromatic N) is 3. The number of rotatable bonds is 4. The van der Waals surface area contributed by atoms with Gasteiger partial charge < -0.3 is 10.1 Å². The van der Waals surface area contributed by atoms with Gasteiger partial charge in [-0.3, -0.25) is 20.3 Å². The van der Waals surface area contributed by atoms with Gasteiger partial charge in [-0.2, -0.15) is 0 Å². The molecule has 3 rings (SSSR count). The third-order valence-electron chi connectivity index (χ3n) is 3.56. The van der Waals surface area contributed by atoms with Crippen LogP contribution in [-0.4, -0.2) is 29.5 Å². The van der Waals surface area contributed by atoms with Crippen molar-refractivity contribution < 1.29 is 15.0 Å². The van der Waals surface area contributed by atoms with E-state index in [1.54, 1.807) is 6.07 Å². The van der Waals surface area contributed by atoms with Crippen molar-refractivity contribution in [2.45, 2.75) is 13.3 Å². The average molecular weight is 316 g/mol. The molecule has 0 saturated heterocycles. The van der Waals surface area contributed by atoms with Crippen LogP contribution in [0.5, 0.6) is 0 Å². The zero-order valence-corrected chi connectivity index (χ0v) is 12.7. The number of quaternary nitrogens is 1. The van der Waals surface area contributed by atoms with E-state index in [-0.39, 0.29) is 12.0 Å². The van der Waals surface area contributed by atoms with E-state index in [0.717, 1.165) is 11.4 Å². The molecule has 0 radical (unpaired) electrons. The van der Waals surface area contributed by atoms with Crippen molar-refractivity contribution in [3.63, 3.8) is 0 Å². The number of benzene rings is 1. The summed E-state index contributed by atoms with van der Waals surface area (Å²) in [4.78, 5) is 16.5. The van der Waals surface area contributed by atoms with E-state index in [4.69, 9.17) is 4.74 Å². The monoisotopic (exact) mass is 316 g/mol. The van der Waals surface area contributed by atoms with Crippen molar-refractivity contribution in [3.8, 4) is 0 Å². The number of hydrogen-bond donors (Lipinski definition) is 2. The van der Waals surface area contributed by atoms with E-state index in [2.05, 4.69) is 10.3 Å². The number of nitrogens with two attached hydrogens (primary N) is 1. The third kappa shape index (κ3) is 3.22. The van der Waals surface area contributed by atoms with Gasteiger partial charge in [0.15, 0.2) is 6.67 Å². The smallest absolute Gasteiger partial charge is 0.287 e. The molecule has 0 spiro atoms. The fraction of sp³-hybridized carbons (Fsp3) is 0.267. The molecule has 1 aromatic carbocycles. The lowest BCUT2D eigenvalue weighted by molar-refractivity contribution is -0.718. The summed E-state index contributed by atoms with van der Waals surface area (Å²) in [6, 6.07) is 11.0. The van der Waals surface area contributed by atoms with E-state index in [9.17, 15) is 10.1 Å². The molecule has 0 aliphatic carbocycles. The molecule has 1 aromatic heterocycles. The van der Waals surface area contributed by atoms with Crippen LogP contribution in [0.3, 0.4) is 0 Å². The lowest BCUT2D eigenvalue weighted by Crippen LogP contribution is -2.94. The molecular formula is C15H18N5O3+. The first-order valence-electron chi connectivity index (χ1n) is 7.37. The predicted octanol–water partition coefficient (Wildman–Crippen LogP) is 1.39. The second kappa shape index (κ2) is 6.59. The summed E-state index contributed by atoms with van der Waals surface area (Å²) in [5, 5.41) is 16.1. The van der Waals surface area contributed by atoms with Gasteiger partial charge in [-0.05, 0) is 25.1 Å². The Morgan fingerprint density at radius 2 is 2.26 bits per heavy atom. The Morgan fingerprint density at radius 3 is 2.96 bits per heavy atom. The van der Waals surface area contributed by atoms with Crippen molar-refractivity contribution in [1.29, 1.82) is 0 Å². The predicted molar refractivity (Wildman–Crippen MR) is 85.3 cm³/mol. The first kappa shape index (κ1) is 15.2. The van der Waals surface area contributed by atoms with E-state index < -0.39 is 4.92 Å². The molecule has 0 amide bonds. The highest BCUT2D eigenvalue weighted by Gasteiger charge is 2.24. The molecule has 1 atom stereocenters. The Balaban J connectivity index is 1.94. The average Bonchev–Trinajstić information content (AvgIpc) is 2.74. The summed E-state index contributed by atoms with van der Waals surface area (Å²) in [6.07, 6.45) is 1.08. The zero-order chi connectivity index (χ0) is 16.2. The topological polar surface area (TPSA) is 97.1 Å². The summed E-state index contributed by atoms with van der Waals surface area (Å²) in [5.74, 6) is 0.651. The quantitative estimate of drug-likeness (QED) is 0.653. The molecule has 2 aromatic rings. The van der Waals surface area contributed by atoms with Crippen LogP contribution in [0, 0.1) is 10.1 Å². The SMILES string of the molecule is CCO[C@@H]1Nc2ccccc2N(c2ccc([N+](=O)[O-])cn2)C[NH2+]1. The zero-order valence-electron chi connectivity index (χ0n) is 12.7. The van der Waals surface area contributed by atoms with Crippen LogP contribution in [-0.2, 0) is 4.74 Å². The highest BCUT2D eigenvalue weighted by Crippen LogP contribution is 2.31. The first-order chi connectivity index (χ1) is 11.2. The number of anilines is 3. The minimum atomic E-state index is -0.452. The molecular weight excluding hydrogens is 298 g/mol. The lowest BCUT2D eigenvalue weighted by Gasteiger charge is -2.20. The van der Waals surface area contributed by atoms with Crippen LogP contribution in [0.15, 0.2) is 42.6 Å².